The Balaban J connectivity index is 2.53. The number of rotatable bonds is 9. The van der Waals surface area contributed by atoms with E-state index < -0.39 is 6.10 Å². The molecule has 0 heterocycles. The largest absolute Gasteiger partial charge is 0.496 e. The normalized spacial score (nSPS) is 13.2. The number of methoxy groups -OCH3 is 2. The van der Waals surface area contributed by atoms with Crippen molar-refractivity contribution in [2.75, 3.05) is 27.4 Å². The fraction of sp³-hybridized carbons (Fsp3) is 0.500. The van der Waals surface area contributed by atoms with Crippen molar-refractivity contribution in [2.45, 2.75) is 19.1 Å². The maximum atomic E-state index is 9.52. The molecule has 0 saturated heterocycles. The van der Waals surface area contributed by atoms with Gasteiger partial charge in [-0.1, -0.05) is 11.2 Å². The molecule has 7 nitrogen and oxygen atoms in total. The third-order valence-electron chi connectivity index (χ3n) is 2.99. The summed E-state index contributed by atoms with van der Waals surface area (Å²) in [7, 11) is 3.09. The molecule has 1 atom stereocenters. The van der Waals surface area contributed by atoms with Gasteiger partial charge in [0.05, 0.1) is 25.4 Å². The van der Waals surface area contributed by atoms with Gasteiger partial charge in [-0.25, -0.2) is 0 Å². The first-order valence-corrected chi connectivity index (χ1v) is 6.64. The zero-order chi connectivity index (χ0) is 15.7. The number of nitrogens with one attached hydrogen (secondary N) is 1. The summed E-state index contributed by atoms with van der Waals surface area (Å²) in [5.74, 6) is 0.554. The molecule has 0 bridgehead atoms. The van der Waals surface area contributed by atoms with Gasteiger partial charge >= 0.3 is 0 Å². The predicted molar refractivity (Wildman–Crippen MR) is 79.7 cm³/mol. The third kappa shape index (κ3) is 5.58. The van der Waals surface area contributed by atoms with Gasteiger partial charge < -0.3 is 30.8 Å². The van der Waals surface area contributed by atoms with Crippen molar-refractivity contribution < 1.29 is 19.8 Å². The fourth-order valence-electron chi connectivity index (χ4n) is 1.89. The van der Waals surface area contributed by atoms with Crippen LogP contribution in [0.5, 0.6) is 5.75 Å². The molecule has 0 radical (unpaired) electrons. The molecule has 1 unspecified atom stereocenters. The molecule has 0 aliphatic carbocycles. The van der Waals surface area contributed by atoms with Crippen LogP contribution in [0, 0.1) is 0 Å². The highest BCUT2D eigenvalue weighted by Gasteiger charge is 2.09. The topological polar surface area (TPSA) is 109 Å². The van der Waals surface area contributed by atoms with E-state index in [2.05, 4.69) is 10.5 Å². The molecule has 0 fully saturated rings. The van der Waals surface area contributed by atoms with E-state index >= 15 is 0 Å². The van der Waals surface area contributed by atoms with Crippen LogP contribution in [0.3, 0.4) is 0 Å². The van der Waals surface area contributed by atoms with Gasteiger partial charge in [-0.3, -0.25) is 0 Å². The van der Waals surface area contributed by atoms with E-state index in [4.69, 9.17) is 20.4 Å². The lowest BCUT2D eigenvalue weighted by Crippen LogP contribution is -2.23. The van der Waals surface area contributed by atoms with Crippen LogP contribution in [0.25, 0.3) is 0 Å². The van der Waals surface area contributed by atoms with Crippen LogP contribution in [0.2, 0.25) is 0 Å². The van der Waals surface area contributed by atoms with Crippen LogP contribution >= 0.6 is 0 Å². The first-order chi connectivity index (χ1) is 10.1. The Kier molecular flexibility index (Phi) is 7.52. The minimum atomic E-state index is -0.458. The van der Waals surface area contributed by atoms with Crippen molar-refractivity contribution in [3.8, 4) is 5.75 Å². The predicted octanol–water partition coefficient (Wildman–Crippen LogP) is 0.277. The molecule has 0 aromatic heterocycles. The highest BCUT2D eigenvalue weighted by Crippen LogP contribution is 2.20. The number of aliphatic hydroxyl groups excluding tert-OH is 1. The number of amidine groups is 1. The van der Waals surface area contributed by atoms with E-state index in [1.165, 1.54) is 7.11 Å². The molecular weight excluding hydrogens is 274 g/mol. The summed E-state index contributed by atoms with van der Waals surface area (Å²) in [6, 6.07) is 5.44. The number of aliphatic hydroxyl groups is 1. The number of benzene rings is 1. The Morgan fingerprint density at radius 2 is 2.19 bits per heavy atom. The summed E-state index contributed by atoms with van der Waals surface area (Å²) in [6.07, 6.45) is 0.160. The van der Waals surface area contributed by atoms with Gasteiger partial charge in [0, 0.05) is 13.7 Å². The minimum Gasteiger partial charge on any atom is -0.496 e. The van der Waals surface area contributed by atoms with Crippen LogP contribution < -0.4 is 15.8 Å². The van der Waals surface area contributed by atoms with E-state index in [1.54, 1.807) is 13.2 Å². The average Bonchev–Trinajstić information content (AvgIpc) is 2.50. The Bertz CT molecular complexity index is 466. The van der Waals surface area contributed by atoms with Crippen molar-refractivity contribution >= 4 is 5.84 Å². The molecule has 5 N–H and O–H groups in total. The van der Waals surface area contributed by atoms with E-state index in [1.807, 2.05) is 12.1 Å². The molecule has 1 aromatic rings. The van der Waals surface area contributed by atoms with E-state index in [9.17, 15) is 5.11 Å². The van der Waals surface area contributed by atoms with Gasteiger partial charge in [0.25, 0.3) is 0 Å². The zero-order valence-corrected chi connectivity index (χ0v) is 12.4. The monoisotopic (exact) mass is 297 g/mol. The van der Waals surface area contributed by atoms with Gasteiger partial charge in [0.15, 0.2) is 5.84 Å². The quantitative estimate of drug-likeness (QED) is 0.171. The molecule has 1 aromatic carbocycles. The standard InChI is InChI=1S/C14H23N3O4/c1-20-9-11(18)5-6-16-8-10-3-4-12(14(15)17-19)13(7-10)21-2/h3-4,7,11,16,18-19H,5-6,8-9H2,1-2H3,(H2,15,17). The summed E-state index contributed by atoms with van der Waals surface area (Å²) in [6.45, 7) is 1.64. The molecule has 0 amide bonds. The molecule has 1 rings (SSSR count). The SMILES string of the molecule is COCC(O)CCNCc1ccc(/C(N)=N/O)c(OC)c1. The molecule has 0 aliphatic rings. The van der Waals surface area contributed by atoms with E-state index in [0.717, 1.165) is 5.56 Å². The molecule has 118 valence electrons. The number of ether oxygens (including phenoxy) is 2. The maximum Gasteiger partial charge on any atom is 0.173 e. The summed E-state index contributed by atoms with van der Waals surface area (Å²) in [5, 5.41) is 24.4. The van der Waals surface area contributed by atoms with Gasteiger partial charge in [-0.2, -0.15) is 0 Å². The van der Waals surface area contributed by atoms with Crippen molar-refractivity contribution in [3.63, 3.8) is 0 Å². The molecule has 21 heavy (non-hydrogen) atoms. The molecule has 0 aliphatic heterocycles. The minimum absolute atomic E-state index is 0.00838. The van der Waals surface area contributed by atoms with Gasteiger partial charge in [-0.15, -0.1) is 0 Å². The maximum absolute atomic E-state index is 9.52. The second kappa shape index (κ2) is 9.17. The van der Waals surface area contributed by atoms with Gasteiger partial charge in [0.2, 0.25) is 0 Å². The van der Waals surface area contributed by atoms with E-state index in [-0.39, 0.29) is 5.84 Å². The lowest BCUT2D eigenvalue weighted by Gasteiger charge is -2.12. The Labute approximate surface area is 124 Å². The van der Waals surface area contributed by atoms with Crippen molar-refractivity contribution in [3.05, 3.63) is 29.3 Å². The Hall–Kier alpha value is -1.83. The van der Waals surface area contributed by atoms with Crippen LogP contribution in [-0.4, -0.2) is 49.6 Å². The lowest BCUT2D eigenvalue weighted by molar-refractivity contribution is 0.0594. The second-order valence-electron chi connectivity index (χ2n) is 4.59. The average molecular weight is 297 g/mol. The molecule has 0 spiro atoms. The van der Waals surface area contributed by atoms with E-state index in [0.29, 0.717) is 37.4 Å². The summed E-state index contributed by atoms with van der Waals surface area (Å²) in [4.78, 5) is 0. The number of hydrogen-bond donors (Lipinski definition) is 4. The van der Waals surface area contributed by atoms with Crippen molar-refractivity contribution in [1.29, 1.82) is 0 Å². The summed E-state index contributed by atoms with van der Waals surface area (Å²) >= 11 is 0. The molecule has 7 heteroatoms. The van der Waals surface area contributed by atoms with Gasteiger partial charge in [0.1, 0.15) is 5.75 Å². The lowest BCUT2D eigenvalue weighted by atomic mass is 10.1. The Morgan fingerprint density at radius 1 is 1.43 bits per heavy atom. The first kappa shape index (κ1) is 17.2. The zero-order valence-electron chi connectivity index (χ0n) is 12.4. The van der Waals surface area contributed by atoms with Crippen LogP contribution in [0.4, 0.5) is 0 Å². The Morgan fingerprint density at radius 3 is 2.81 bits per heavy atom. The first-order valence-electron chi connectivity index (χ1n) is 6.64. The van der Waals surface area contributed by atoms with Gasteiger partial charge in [-0.05, 0) is 30.7 Å². The van der Waals surface area contributed by atoms with Crippen molar-refractivity contribution in [1.82, 2.24) is 5.32 Å². The van der Waals surface area contributed by atoms with Crippen LogP contribution in [0.1, 0.15) is 17.5 Å². The number of nitrogens with two attached hydrogens (primary N) is 1. The third-order valence-corrected chi connectivity index (χ3v) is 2.99. The molecule has 0 saturated carbocycles. The summed E-state index contributed by atoms with van der Waals surface area (Å²) < 4.78 is 10.1. The number of oxime groups is 1. The number of hydrogen-bond acceptors (Lipinski definition) is 6. The highest BCUT2D eigenvalue weighted by molar-refractivity contribution is 5.99. The number of nitrogens with zero attached hydrogens (tertiary/aromatic N) is 1. The smallest absolute Gasteiger partial charge is 0.173 e. The fourth-order valence-corrected chi connectivity index (χ4v) is 1.89. The molecular formula is C14H23N3O4. The van der Waals surface area contributed by atoms with Crippen molar-refractivity contribution in [2.24, 2.45) is 10.9 Å². The summed E-state index contributed by atoms with van der Waals surface area (Å²) in [5.41, 5.74) is 7.11. The van der Waals surface area contributed by atoms with Crippen LogP contribution in [-0.2, 0) is 11.3 Å². The highest BCUT2D eigenvalue weighted by atomic mass is 16.5. The van der Waals surface area contributed by atoms with Crippen LogP contribution in [0.15, 0.2) is 23.4 Å². The second-order valence-corrected chi connectivity index (χ2v) is 4.59.